The first-order chi connectivity index (χ1) is 16.1. The van der Waals surface area contributed by atoms with Gasteiger partial charge in [-0.15, -0.1) is 0 Å². The summed E-state index contributed by atoms with van der Waals surface area (Å²) in [5, 5.41) is 17.7. The maximum absolute atomic E-state index is 12.2. The summed E-state index contributed by atoms with van der Waals surface area (Å²) < 4.78 is 57.7. The number of aromatic amines is 1. The van der Waals surface area contributed by atoms with E-state index in [2.05, 4.69) is 13.1 Å². The third-order valence-electron chi connectivity index (χ3n) is 4.06. The fourth-order valence-corrected chi connectivity index (χ4v) is 5.70. The van der Waals surface area contributed by atoms with Gasteiger partial charge in [0.25, 0.3) is 5.56 Å². The molecule has 1 aliphatic rings. The second kappa shape index (κ2) is 11.1. The highest BCUT2D eigenvalue weighted by Gasteiger charge is 2.43. The average Bonchev–Trinajstić information content (AvgIpc) is 3.10. The third-order valence-corrected chi connectivity index (χ3v) is 7.86. The normalized spacial score (nSPS) is 23.3. The molecule has 35 heavy (non-hydrogen) atoms. The highest BCUT2D eigenvalue weighted by molar-refractivity contribution is 7.66. The predicted octanol–water partition coefficient (Wildman–Crippen LogP) is -0.208. The van der Waals surface area contributed by atoms with E-state index in [0.717, 1.165) is 10.8 Å². The van der Waals surface area contributed by atoms with Crippen LogP contribution < -0.4 is 11.2 Å². The lowest BCUT2D eigenvalue weighted by Crippen LogP contribution is -2.33. The summed E-state index contributed by atoms with van der Waals surface area (Å²) in [4.78, 5) is 61.8. The smallest absolute Gasteiger partial charge is 0.490 e. The fraction of sp³-hybridized carbons (Fsp3) is 0.429. The Labute approximate surface area is 195 Å². The Morgan fingerprint density at radius 1 is 1.20 bits per heavy atom. The standard InChI is InChI=1S/C14H17N4O14P3/c1-8-5-18(14(20)17-13(8)19)12-2-10(28-6-9(3-15)4-16)11(30-12)7-29-34(24,25)32-35(26,27)31-33(21,22)23/h5-6,10-12H,2,7H2,1H3,(H,24,25)(H,26,27)(H,17,19,20)(H2,21,22,23)/t10-,11+,12+/m0/s1. The lowest BCUT2D eigenvalue weighted by Gasteiger charge is -2.20. The van der Waals surface area contributed by atoms with Gasteiger partial charge in [0.1, 0.15) is 36.8 Å². The van der Waals surface area contributed by atoms with Gasteiger partial charge in [0.2, 0.25) is 0 Å². The molecule has 0 saturated carbocycles. The number of aryl methyl sites for hydroxylation is 1. The Hall–Kier alpha value is -2.43. The first-order valence-corrected chi connectivity index (χ1v) is 13.5. The summed E-state index contributed by atoms with van der Waals surface area (Å²) in [5.41, 5.74) is -1.85. The van der Waals surface area contributed by atoms with Gasteiger partial charge < -0.3 is 29.0 Å². The van der Waals surface area contributed by atoms with E-state index >= 15 is 0 Å². The van der Waals surface area contributed by atoms with Gasteiger partial charge in [0, 0.05) is 18.2 Å². The first kappa shape index (κ1) is 28.8. The number of ether oxygens (including phenoxy) is 2. The molecular weight excluding hydrogens is 541 g/mol. The van der Waals surface area contributed by atoms with E-state index in [0.29, 0.717) is 0 Å². The maximum atomic E-state index is 12.2. The number of nitriles is 2. The second-order valence-electron chi connectivity index (χ2n) is 6.66. The number of phosphoric acid groups is 3. The second-order valence-corrected chi connectivity index (χ2v) is 11.1. The van der Waals surface area contributed by atoms with Crippen LogP contribution in [0.5, 0.6) is 0 Å². The van der Waals surface area contributed by atoms with E-state index in [1.54, 1.807) is 0 Å². The average molecular weight is 558 g/mol. The Bertz CT molecular complexity index is 1320. The van der Waals surface area contributed by atoms with Gasteiger partial charge in [-0.1, -0.05) is 0 Å². The number of aromatic nitrogens is 2. The quantitative estimate of drug-likeness (QED) is 0.141. The molecule has 0 spiro atoms. The molecule has 2 rings (SSSR count). The summed E-state index contributed by atoms with van der Waals surface area (Å²) in [6.45, 7) is 0.476. The molecule has 1 fully saturated rings. The summed E-state index contributed by atoms with van der Waals surface area (Å²) in [6, 6.07) is 3.05. The molecule has 0 radical (unpaired) electrons. The van der Waals surface area contributed by atoms with Crippen molar-refractivity contribution in [3.8, 4) is 12.1 Å². The lowest BCUT2D eigenvalue weighted by atomic mass is 10.2. The van der Waals surface area contributed by atoms with Crippen molar-refractivity contribution >= 4 is 23.5 Å². The zero-order valence-electron chi connectivity index (χ0n) is 17.4. The number of H-pyrrole nitrogens is 1. The SMILES string of the molecule is Cc1cn([C@H]2C[C@H](OC=C(C#N)C#N)[C@@H](COP(=O)(O)OP(=O)(O)OP(=O)(O)O)O2)c(=O)[nH]c1=O. The molecule has 1 saturated heterocycles. The van der Waals surface area contributed by atoms with E-state index in [9.17, 15) is 33.1 Å². The van der Waals surface area contributed by atoms with Crippen molar-refractivity contribution in [2.24, 2.45) is 0 Å². The minimum absolute atomic E-state index is 0.138. The summed E-state index contributed by atoms with van der Waals surface area (Å²) in [6.07, 6.45) is -1.86. The van der Waals surface area contributed by atoms with Crippen molar-refractivity contribution in [2.45, 2.75) is 31.8 Å². The molecule has 2 heterocycles. The van der Waals surface area contributed by atoms with Crippen LogP contribution in [-0.2, 0) is 36.3 Å². The van der Waals surface area contributed by atoms with Crippen molar-refractivity contribution in [3.05, 3.63) is 44.4 Å². The highest BCUT2D eigenvalue weighted by atomic mass is 31.3. The highest BCUT2D eigenvalue weighted by Crippen LogP contribution is 2.66. The Morgan fingerprint density at radius 3 is 2.40 bits per heavy atom. The zero-order chi connectivity index (χ0) is 26.6. The number of rotatable bonds is 10. The molecule has 1 aromatic heterocycles. The van der Waals surface area contributed by atoms with Crippen molar-refractivity contribution < 1.29 is 55.9 Å². The topological polar surface area (TPSA) is 281 Å². The largest absolute Gasteiger partial charge is 0.493 e. The minimum atomic E-state index is -5.76. The lowest BCUT2D eigenvalue weighted by molar-refractivity contribution is -0.0472. The van der Waals surface area contributed by atoms with E-state index in [4.69, 9.17) is 29.8 Å². The van der Waals surface area contributed by atoms with Crippen LogP contribution in [0.4, 0.5) is 0 Å². The molecule has 1 aromatic rings. The molecule has 0 aromatic carbocycles. The van der Waals surface area contributed by atoms with Crippen LogP contribution in [0.2, 0.25) is 0 Å². The number of allylic oxidation sites excluding steroid dienone is 1. The Kier molecular flexibility index (Phi) is 9.13. The molecule has 0 aliphatic carbocycles. The van der Waals surface area contributed by atoms with Crippen LogP contribution in [0.1, 0.15) is 18.2 Å². The van der Waals surface area contributed by atoms with Gasteiger partial charge >= 0.3 is 29.2 Å². The number of hydrogen-bond donors (Lipinski definition) is 5. The van der Waals surface area contributed by atoms with E-state index < -0.39 is 65.3 Å². The maximum Gasteiger partial charge on any atom is 0.490 e. The molecular formula is C14H17N4O14P3. The molecule has 5 atom stereocenters. The monoisotopic (exact) mass is 558 g/mol. The van der Waals surface area contributed by atoms with Crippen molar-refractivity contribution in [2.75, 3.05) is 6.61 Å². The van der Waals surface area contributed by atoms with Crippen LogP contribution in [0.3, 0.4) is 0 Å². The zero-order valence-corrected chi connectivity index (χ0v) is 20.0. The Morgan fingerprint density at radius 2 is 1.83 bits per heavy atom. The van der Waals surface area contributed by atoms with Crippen LogP contribution in [0, 0.1) is 29.6 Å². The molecule has 18 nitrogen and oxygen atoms in total. The third kappa shape index (κ3) is 8.63. The van der Waals surface area contributed by atoms with Crippen LogP contribution in [0.15, 0.2) is 27.6 Å². The van der Waals surface area contributed by atoms with Gasteiger partial charge in [0.15, 0.2) is 5.57 Å². The fourth-order valence-electron chi connectivity index (χ4n) is 2.67. The molecule has 21 heteroatoms. The Balaban J connectivity index is 2.24. The van der Waals surface area contributed by atoms with Crippen molar-refractivity contribution in [3.63, 3.8) is 0 Å². The predicted molar refractivity (Wildman–Crippen MR) is 109 cm³/mol. The number of hydrogen-bond acceptors (Lipinski definition) is 12. The molecule has 2 unspecified atom stereocenters. The van der Waals surface area contributed by atoms with E-state index in [-0.39, 0.29) is 12.0 Å². The van der Waals surface area contributed by atoms with Crippen LogP contribution >= 0.6 is 23.5 Å². The van der Waals surface area contributed by atoms with Gasteiger partial charge in [-0.3, -0.25) is 18.9 Å². The number of nitrogens with zero attached hydrogens (tertiary/aromatic N) is 3. The minimum Gasteiger partial charge on any atom is -0.493 e. The molecule has 192 valence electrons. The molecule has 1 aliphatic heterocycles. The summed E-state index contributed by atoms with van der Waals surface area (Å²) in [7, 11) is -16.8. The van der Waals surface area contributed by atoms with Gasteiger partial charge in [0.05, 0.1) is 6.61 Å². The van der Waals surface area contributed by atoms with Crippen molar-refractivity contribution in [1.82, 2.24) is 9.55 Å². The van der Waals surface area contributed by atoms with E-state index in [1.165, 1.54) is 25.3 Å². The van der Waals surface area contributed by atoms with Crippen LogP contribution in [-0.4, -0.2) is 47.9 Å². The van der Waals surface area contributed by atoms with Gasteiger partial charge in [-0.25, -0.2) is 18.5 Å². The van der Waals surface area contributed by atoms with E-state index in [1.807, 2.05) is 4.98 Å². The number of phosphoric ester groups is 1. The van der Waals surface area contributed by atoms with Gasteiger partial charge in [-0.2, -0.15) is 19.1 Å². The van der Waals surface area contributed by atoms with Crippen LogP contribution in [0.25, 0.3) is 0 Å². The summed E-state index contributed by atoms with van der Waals surface area (Å²) in [5.74, 6) is 0. The van der Waals surface area contributed by atoms with Gasteiger partial charge in [-0.05, 0) is 6.92 Å². The van der Waals surface area contributed by atoms with Crippen molar-refractivity contribution in [1.29, 1.82) is 10.5 Å². The number of nitrogens with one attached hydrogen (secondary N) is 1. The molecule has 0 bridgehead atoms. The summed E-state index contributed by atoms with van der Waals surface area (Å²) >= 11 is 0. The molecule has 0 amide bonds. The molecule has 5 N–H and O–H groups in total. The first-order valence-electron chi connectivity index (χ1n) is 8.97.